The summed E-state index contributed by atoms with van der Waals surface area (Å²) in [6, 6.07) is 19.1. The van der Waals surface area contributed by atoms with Crippen molar-refractivity contribution in [3.05, 3.63) is 93.8 Å². The molecule has 1 atom stereocenters. The van der Waals surface area contributed by atoms with Gasteiger partial charge in [0, 0.05) is 0 Å². The lowest BCUT2D eigenvalue weighted by atomic mass is 9.82. The lowest BCUT2D eigenvalue weighted by Crippen LogP contribution is -2.20. The Balaban J connectivity index is 1.94. The first-order chi connectivity index (χ1) is 13.1. The smallest absolute Gasteiger partial charge is 0.344 e. The van der Waals surface area contributed by atoms with E-state index < -0.39 is 11.5 Å². The van der Waals surface area contributed by atoms with Gasteiger partial charge in [0.15, 0.2) is 11.5 Å². The van der Waals surface area contributed by atoms with Crippen LogP contribution in [0.5, 0.6) is 23.0 Å². The minimum Gasteiger partial charge on any atom is -0.507 e. The van der Waals surface area contributed by atoms with Crippen LogP contribution in [0.25, 0.3) is 11.0 Å². The van der Waals surface area contributed by atoms with E-state index in [1.165, 1.54) is 12.1 Å². The summed E-state index contributed by atoms with van der Waals surface area (Å²) in [5.41, 5.74) is 1.29. The summed E-state index contributed by atoms with van der Waals surface area (Å²) in [4.78, 5) is 12.9. The van der Waals surface area contributed by atoms with Gasteiger partial charge in [-0.2, -0.15) is 0 Å². The third kappa shape index (κ3) is 2.22. The molecular weight excluding hydrogens is 344 g/mol. The molecule has 4 aromatic rings. The summed E-state index contributed by atoms with van der Waals surface area (Å²) >= 11 is 0. The SMILES string of the molecule is O=c1oc2ccccc2c2c1C(c1ccccc1)c1c(O)ccc(O)c1O2. The molecule has 0 bridgehead atoms. The molecule has 5 nitrogen and oxygen atoms in total. The molecular formula is C22H14O5. The van der Waals surface area contributed by atoms with Crippen molar-refractivity contribution in [1.82, 2.24) is 0 Å². The number of rotatable bonds is 1. The highest BCUT2D eigenvalue weighted by atomic mass is 16.5. The topological polar surface area (TPSA) is 79.9 Å². The van der Waals surface area contributed by atoms with Crippen LogP contribution in [0.4, 0.5) is 0 Å². The fourth-order valence-corrected chi connectivity index (χ4v) is 3.68. The maximum Gasteiger partial charge on any atom is 0.344 e. The molecule has 27 heavy (non-hydrogen) atoms. The number of hydrogen-bond acceptors (Lipinski definition) is 5. The summed E-state index contributed by atoms with van der Waals surface area (Å²) in [5, 5.41) is 21.5. The van der Waals surface area contributed by atoms with Crippen molar-refractivity contribution in [3.63, 3.8) is 0 Å². The molecule has 1 aliphatic rings. The van der Waals surface area contributed by atoms with Crippen LogP contribution >= 0.6 is 0 Å². The second-order valence-electron chi connectivity index (χ2n) is 6.42. The van der Waals surface area contributed by atoms with E-state index in [2.05, 4.69) is 0 Å². The molecule has 5 rings (SSSR count). The van der Waals surface area contributed by atoms with E-state index in [0.717, 1.165) is 5.56 Å². The van der Waals surface area contributed by atoms with Crippen LogP contribution < -0.4 is 10.4 Å². The van der Waals surface area contributed by atoms with Crippen molar-refractivity contribution in [2.45, 2.75) is 5.92 Å². The van der Waals surface area contributed by atoms with Gasteiger partial charge in [-0.05, 0) is 29.8 Å². The van der Waals surface area contributed by atoms with Gasteiger partial charge in [-0.15, -0.1) is 0 Å². The molecule has 1 aromatic heterocycles. The van der Waals surface area contributed by atoms with E-state index >= 15 is 0 Å². The molecule has 5 heteroatoms. The van der Waals surface area contributed by atoms with E-state index in [1.807, 2.05) is 36.4 Å². The van der Waals surface area contributed by atoms with Crippen molar-refractivity contribution in [3.8, 4) is 23.0 Å². The zero-order valence-corrected chi connectivity index (χ0v) is 14.0. The average molecular weight is 358 g/mol. The van der Waals surface area contributed by atoms with Crippen molar-refractivity contribution in [2.75, 3.05) is 0 Å². The molecule has 0 fully saturated rings. The Labute approximate surface area is 153 Å². The van der Waals surface area contributed by atoms with Gasteiger partial charge in [0.25, 0.3) is 0 Å². The Kier molecular flexibility index (Phi) is 3.24. The zero-order valence-electron chi connectivity index (χ0n) is 14.0. The van der Waals surface area contributed by atoms with Gasteiger partial charge in [-0.25, -0.2) is 4.79 Å². The maximum absolute atomic E-state index is 12.9. The van der Waals surface area contributed by atoms with E-state index in [-0.39, 0.29) is 17.2 Å². The number of ether oxygens (including phenoxy) is 1. The number of fused-ring (bicyclic) bond motifs is 4. The Morgan fingerprint density at radius 2 is 1.44 bits per heavy atom. The van der Waals surface area contributed by atoms with Crippen LogP contribution in [0.3, 0.4) is 0 Å². The van der Waals surface area contributed by atoms with Crippen molar-refractivity contribution < 1.29 is 19.4 Å². The lowest BCUT2D eigenvalue weighted by Gasteiger charge is -2.29. The van der Waals surface area contributed by atoms with E-state index in [9.17, 15) is 15.0 Å². The molecule has 0 saturated carbocycles. The zero-order chi connectivity index (χ0) is 18.5. The predicted molar refractivity (Wildman–Crippen MR) is 99.7 cm³/mol. The fourth-order valence-electron chi connectivity index (χ4n) is 3.68. The molecule has 132 valence electrons. The van der Waals surface area contributed by atoms with Gasteiger partial charge in [0.1, 0.15) is 17.1 Å². The third-order valence-electron chi connectivity index (χ3n) is 4.87. The van der Waals surface area contributed by atoms with Crippen molar-refractivity contribution >= 4 is 11.0 Å². The summed E-state index contributed by atoms with van der Waals surface area (Å²) in [7, 11) is 0. The van der Waals surface area contributed by atoms with Gasteiger partial charge in [0.2, 0.25) is 0 Å². The Hall–Kier alpha value is -3.73. The van der Waals surface area contributed by atoms with E-state index in [0.29, 0.717) is 27.8 Å². The average Bonchev–Trinajstić information content (AvgIpc) is 2.70. The normalized spacial score (nSPS) is 15.0. The molecule has 3 aromatic carbocycles. The second kappa shape index (κ2) is 5.64. The van der Waals surface area contributed by atoms with Crippen LogP contribution in [0.2, 0.25) is 0 Å². The number of para-hydroxylation sites is 1. The fraction of sp³-hybridized carbons (Fsp3) is 0.0455. The van der Waals surface area contributed by atoms with Gasteiger partial charge in [0.05, 0.1) is 22.4 Å². The predicted octanol–water partition coefficient (Wildman–Crippen LogP) is 4.49. The second-order valence-corrected chi connectivity index (χ2v) is 6.42. The Morgan fingerprint density at radius 3 is 2.26 bits per heavy atom. The number of aromatic hydroxyl groups is 2. The Bertz CT molecular complexity index is 1240. The molecule has 0 spiro atoms. The highest BCUT2D eigenvalue weighted by Crippen LogP contribution is 2.54. The van der Waals surface area contributed by atoms with E-state index in [1.54, 1.807) is 18.2 Å². The van der Waals surface area contributed by atoms with Crippen LogP contribution in [0.15, 0.2) is 75.9 Å². The minimum atomic E-state index is -0.627. The maximum atomic E-state index is 12.9. The summed E-state index contributed by atoms with van der Waals surface area (Å²) in [5.74, 6) is -0.310. The first kappa shape index (κ1) is 15.5. The summed E-state index contributed by atoms with van der Waals surface area (Å²) in [6.45, 7) is 0. The van der Waals surface area contributed by atoms with Crippen LogP contribution in [0.1, 0.15) is 22.6 Å². The van der Waals surface area contributed by atoms with Gasteiger partial charge < -0.3 is 19.4 Å². The number of hydrogen-bond donors (Lipinski definition) is 2. The highest BCUT2D eigenvalue weighted by molar-refractivity contribution is 5.87. The first-order valence-electron chi connectivity index (χ1n) is 8.48. The molecule has 2 heterocycles. The Morgan fingerprint density at radius 1 is 0.741 bits per heavy atom. The van der Waals surface area contributed by atoms with Gasteiger partial charge >= 0.3 is 5.63 Å². The third-order valence-corrected chi connectivity index (χ3v) is 4.87. The molecule has 0 amide bonds. The molecule has 0 saturated heterocycles. The van der Waals surface area contributed by atoms with Crippen molar-refractivity contribution in [1.29, 1.82) is 0 Å². The lowest BCUT2D eigenvalue weighted by molar-refractivity contribution is 0.380. The molecule has 0 radical (unpaired) electrons. The largest absolute Gasteiger partial charge is 0.507 e. The summed E-state index contributed by atoms with van der Waals surface area (Å²) < 4.78 is 11.5. The minimum absolute atomic E-state index is 0.0603. The molecule has 0 aliphatic carbocycles. The van der Waals surface area contributed by atoms with Crippen LogP contribution in [0, 0.1) is 0 Å². The standard InChI is InChI=1S/C22H14O5/c23-14-10-11-15(24)21-18(14)17(12-6-2-1-3-7-12)19-20(27-21)13-8-4-5-9-16(13)26-22(19)25/h1-11,17,23-24H. The van der Waals surface area contributed by atoms with E-state index in [4.69, 9.17) is 9.15 Å². The molecule has 2 N–H and O–H groups in total. The summed E-state index contributed by atoms with van der Waals surface area (Å²) in [6.07, 6.45) is 0. The monoisotopic (exact) mass is 358 g/mol. The van der Waals surface area contributed by atoms with Gasteiger partial charge in [-0.3, -0.25) is 0 Å². The van der Waals surface area contributed by atoms with Crippen LogP contribution in [-0.4, -0.2) is 10.2 Å². The number of phenols is 2. The van der Waals surface area contributed by atoms with Crippen molar-refractivity contribution in [2.24, 2.45) is 0 Å². The number of phenolic OH excluding ortho intramolecular Hbond substituents is 2. The van der Waals surface area contributed by atoms with Crippen LogP contribution in [-0.2, 0) is 0 Å². The molecule has 1 unspecified atom stereocenters. The highest BCUT2D eigenvalue weighted by Gasteiger charge is 2.37. The molecule has 1 aliphatic heterocycles. The quantitative estimate of drug-likeness (QED) is 0.341. The van der Waals surface area contributed by atoms with Gasteiger partial charge in [-0.1, -0.05) is 42.5 Å². The first-order valence-corrected chi connectivity index (χ1v) is 8.48. The number of benzene rings is 3.